The minimum Gasteiger partial charge on any atom is -0.489 e. The normalized spacial score (nSPS) is 15.6. The van der Waals surface area contributed by atoms with Gasteiger partial charge in [0.1, 0.15) is 18.1 Å². The van der Waals surface area contributed by atoms with Gasteiger partial charge < -0.3 is 15.8 Å². The van der Waals surface area contributed by atoms with Crippen molar-refractivity contribution in [3.63, 3.8) is 0 Å². The number of nitrogen functional groups attached to an aromatic ring is 1. The van der Waals surface area contributed by atoms with Crippen LogP contribution in [-0.2, 0) is 6.54 Å². The Morgan fingerprint density at radius 3 is 2.89 bits per heavy atom. The fourth-order valence-corrected chi connectivity index (χ4v) is 4.08. The molecule has 1 unspecified atom stereocenters. The number of anilines is 1. The van der Waals surface area contributed by atoms with E-state index in [0.717, 1.165) is 48.2 Å². The van der Waals surface area contributed by atoms with E-state index in [1.54, 1.807) is 18.5 Å². The molecule has 1 aliphatic heterocycles. The van der Waals surface area contributed by atoms with Gasteiger partial charge >= 0.3 is 0 Å². The molecule has 0 radical (unpaired) electrons. The second-order valence-electron chi connectivity index (χ2n) is 8.38. The molecule has 182 valence electrons. The summed E-state index contributed by atoms with van der Waals surface area (Å²) >= 11 is 0. The number of hydrogen-bond donors (Lipinski definition) is 2. The molecular weight excluding hydrogens is 456 g/mol. The van der Waals surface area contributed by atoms with Crippen molar-refractivity contribution >= 4 is 5.82 Å². The fraction of sp³-hybridized carbons (Fsp3) is 0.348. The Morgan fingerprint density at radius 2 is 2.09 bits per heavy atom. The first-order valence-electron chi connectivity index (χ1n) is 11.5. The number of nitrogens with one attached hydrogen (secondary N) is 1. The molecule has 35 heavy (non-hydrogen) atoms. The summed E-state index contributed by atoms with van der Waals surface area (Å²) in [5, 5.41) is 19.1. The molecule has 0 saturated carbocycles. The molecule has 0 spiro atoms. The number of ether oxygens (including phenoxy) is 1. The molecule has 3 aromatic heterocycles. The van der Waals surface area contributed by atoms with Gasteiger partial charge in [-0.05, 0) is 54.4 Å². The molecule has 0 bridgehead atoms. The fourth-order valence-electron chi connectivity index (χ4n) is 4.08. The third kappa shape index (κ3) is 4.56. The lowest BCUT2D eigenvalue weighted by atomic mass is 10.1. The number of pyridine rings is 1. The summed E-state index contributed by atoms with van der Waals surface area (Å²) in [4.78, 5) is 4.26. The van der Waals surface area contributed by atoms with Crippen molar-refractivity contribution in [1.29, 1.82) is 0 Å². The Hall–Kier alpha value is -3.93. The first kappa shape index (κ1) is 22.8. The van der Waals surface area contributed by atoms with Crippen molar-refractivity contribution in [2.75, 3.05) is 18.9 Å². The topological polar surface area (TPSA) is 122 Å². The maximum absolute atomic E-state index is 15.1. The highest BCUT2D eigenvalue weighted by atomic mass is 19.2. The number of aryl methyl sites for hydroxylation is 1. The van der Waals surface area contributed by atoms with E-state index in [-0.39, 0.29) is 35.7 Å². The molecule has 1 saturated heterocycles. The molecule has 1 fully saturated rings. The number of benzene rings is 1. The third-order valence-corrected chi connectivity index (χ3v) is 5.91. The highest BCUT2D eigenvalue weighted by Gasteiger charge is 2.23. The average molecular weight is 482 g/mol. The third-order valence-electron chi connectivity index (χ3n) is 5.91. The first-order chi connectivity index (χ1) is 17.0. The van der Waals surface area contributed by atoms with Crippen LogP contribution in [0.4, 0.5) is 14.6 Å². The maximum atomic E-state index is 15.1. The van der Waals surface area contributed by atoms with Gasteiger partial charge in [0.05, 0.1) is 11.8 Å². The molecule has 1 aliphatic rings. The number of rotatable bonds is 8. The molecule has 4 aromatic rings. The van der Waals surface area contributed by atoms with Gasteiger partial charge in [0, 0.05) is 36.1 Å². The van der Waals surface area contributed by atoms with Crippen molar-refractivity contribution in [2.45, 2.75) is 38.8 Å². The molecule has 10 nitrogen and oxygen atoms in total. The van der Waals surface area contributed by atoms with E-state index in [4.69, 9.17) is 10.5 Å². The minimum atomic E-state index is -1.13. The summed E-state index contributed by atoms with van der Waals surface area (Å²) in [6, 6.07) is 4.62. The Kier molecular flexibility index (Phi) is 6.36. The van der Waals surface area contributed by atoms with Crippen LogP contribution in [0.1, 0.15) is 26.2 Å². The van der Waals surface area contributed by atoms with Crippen LogP contribution >= 0.6 is 0 Å². The lowest BCUT2D eigenvalue weighted by Gasteiger charge is -2.14. The number of nitrogens with zero attached hydrogens (tertiary/aromatic N) is 7. The van der Waals surface area contributed by atoms with Gasteiger partial charge in [-0.15, -0.1) is 5.10 Å². The van der Waals surface area contributed by atoms with E-state index in [2.05, 4.69) is 37.8 Å². The molecule has 4 heterocycles. The quantitative estimate of drug-likeness (QED) is 0.394. The lowest BCUT2D eigenvalue weighted by molar-refractivity contribution is 0.261. The summed E-state index contributed by atoms with van der Waals surface area (Å²) < 4.78 is 38.4. The van der Waals surface area contributed by atoms with Gasteiger partial charge in [-0.2, -0.15) is 14.2 Å². The summed E-state index contributed by atoms with van der Waals surface area (Å²) in [7, 11) is 0. The van der Waals surface area contributed by atoms with Gasteiger partial charge in [-0.1, -0.05) is 6.92 Å². The van der Waals surface area contributed by atoms with E-state index in [9.17, 15) is 4.39 Å². The molecule has 3 N–H and O–H groups in total. The standard InChI is InChI=1S/C23H25F2N9O/c1-2-8-33-12-15(11-29-33)14-9-17(22(26)28-10-14)23-30-31-32-34(23)18-5-6-19(21(25)20(18)24)35-13-16-4-3-7-27-16/h5-6,9-12,16,27H,2-4,7-8,13H2,1H3,(H2,26,28). The van der Waals surface area contributed by atoms with Crippen LogP contribution in [0.5, 0.6) is 5.75 Å². The molecule has 0 aliphatic carbocycles. The maximum Gasteiger partial charge on any atom is 0.202 e. The Morgan fingerprint density at radius 1 is 1.20 bits per heavy atom. The molecule has 5 rings (SSSR count). The average Bonchev–Trinajstić information content (AvgIpc) is 3.63. The first-order valence-corrected chi connectivity index (χ1v) is 11.5. The van der Waals surface area contributed by atoms with Crippen LogP contribution in [0.2, 0.25) is 0 Å². The summed E-state index contributed by atoms with van der Waals surface area (Å²) in [5.41, 5.74) is 7.89. The SMILES string of the molecule is CCCn1cc(-c2cnc(N)c(-c3nnnn3-c3ccc(OCC4CCCN4)c(F)c3F)c2)cn1. The van der Waals surface area contributed by atoms with Gasteiger partial charge in [0.2, 0.25) is 5.82 Å². The number of tetrazole rings is 1. The highest BCUT2D eigenvalue weighted by Crippen LogP contribution is 2.31. The second kappa shape index (κ2) is 9.74. The van der Waals surface area contributed by atoms with Gasteiger partial charge in [-0.25, -0.2) is 9.37 Å². The van der Waals surface area contributed by atoms with Crippen LogP contribution in [0, 0.1) is 11.6 Å². The highest BCUT2D eigenvalue weighted by molar-refractivity contribution is 5.76. The molecule has 12 heteroatoms. The summed E-state index contributed by atoms with van der Waals surface area (Å²) in [6.07, 6.45) is 8.16. The van der Waals surface area contributed by atoms with Crippen molar-refractivity contribution in [3.8, 4) is 34.0 Å². The number of hydrogen-bond acceptors (Lipinski definition) is 8. The smallest absolute Gasteiger partial charge is 0.202 e. The van der Waals surface area contributed by atoms with Gasteiger partial charge in [0.15, 0.2) is 17.4 Å². The largest absolute Gasteiger partial charge is 0.489 e. The molecular formula is C23H25F2N9O. The van der Waals surface area contributed by atoms with Crippen LogP contribution in [-0.4, -0.2) is 54.2 Å². The number of halogens is 2. The zero-order valence-electron chi connectivity index (χ0n) is 19.2. The van der Waals surface area contributed by atoms with Crippen LogP contribution in [0.15, 0.2) is 36.8 Å². The van der Waals surface area contributed by atoms with E-state index >= 15 is 4.39 Å². The lowest BCUT2D eigenvalue weighted by Crippen LogP contribution is -2.28. The van der Waals surface area contributed by atoms with E-state index < -0.39 is 11.6 Å². The van der Waals surface area contributed by atoms with Crippen molar-refractivity contribution < 1.29 is 13.5 Å². The Balaban J connectivity index is 1.46. The minimum absolute atomic E-state index is 0.125. The summed E-state index contributed by atoms with van der Waals surface area (Å²) in [6.45, 7) is 4.01. The number of nitrogens with two attached hydrogens (primary N) is 1. The van der Waals surface area contributed by atoms with E-state index in [0.29, 0.717) is 5.56 Å². The molecule has 1 atom stereocenters. The zero-order chi connectivity index (χ0) is 24.4. The second-order valence-corrected chi connectivity index (χ2v) is 8.38. The number of aromatic nitrogens is 7. The Bertz CT molecular complexity index is 1330. The van der Waals surface area contributed by atoms with E-state index in [1.807, 2.05) is 10.9 Å². The van der Waals surface area contributed by atoms with Crippen molar-refractivity contribution in [2.24, 2.45) is 0 Å². The molecule has 0 amide bonds. The Labute approximate surface area is 200 Å². The molecule has 1 aromatic carbocycles. The van der Waals surface area contributed by atoms with Gasteiger partial charge in [0.25, 0.3) is 0 Å². The van der Waals surface area contributed by atoms with Crippen molar-refractivity contribution in [1.82, 2.24) is 40.3 Å². The predicted molar refractivity (Wildman–Crippen MR) is 125 cm³/mol. The predicted octanol–water partition coefficient (Wildman–Crippen LogP) is 2.99. The van der Waals surface area contributed by atoms with Crippen molar-refractivity contribution in [3.05, 3.63) is 48.4 Å². The zero-order valence-corrected chi connectivity index (χ0v) is 19.2. The van der Waals surface area contributed by atoms with Crippen LogP contribution < -0.4 is 15.8 Å². The monoisotopic (exact) mass is 481 g/mol. The van der Waals surface area contributed by atoms with Gasteiger partial charge in [-0.3, -0.25) is 4.68 Å². The summed E-state index contributed by atoms with van der Waals surface area (Å²) in [5.74, 6) is -2.12. The van der Waals surface area contributed by atoms with Crippen LogP contribution in [0.3, 0.4) is 0 Å². The van der Waals surface area contributed by atoms with Crippen LogP contribution in [0.25, 0.3) is 28.2 Å². The van der Waals surface area contributed by atoms with E-state index in [1.165, 1.54) is 12.1 Å².